The zero-order valence-electron chi connectivity index (χ0n) is 12.5. The summed E-state index contributed by atoms with van der Waals surface area (Å²) >= 11 is 5.65. The van der Waals surface area contributed by atoms with Crippen LogP contribution in [0.3, 0.4) is 0 Å². The van der Waals surface area contributed by atoms with E-state index in [1.165, 1.54) is 13.0 Å². The third kappa shape index (κ3) is 4.17. The predicted octanol–water partition coefficient (Wildman–Crippen LogP) is 4.85. The lowest BCUT2D eigenvalue weighted by Crippen LogP contribution is -2.10. The molecule has 26 heavy (non-hydrogen) atoms. The van der Waals surface area contributed by atoms with Crippen LogP contribution in [0.5, 0.6) is 0 Å². The highest BCUT2D eigenvalue weighted by molar-refractivity contribution is 7.95. The van der Waals surface area contributed by atoms with Crippen LogP contribution in [0.4, 0.5) is 32.2 Å². The van der Waals surface area contributed by atoms with Crippen LogP contribution >= 0.6 is 23.6 Å². The van der Waals surface area contributed by atoms with Crippen molar-refractivity contribution in [3.8, 4) is 11.8 Å². The van der Waals surface area contributed by atoms with Gasteiger partial charge >= 0.3 is 12.5 Å². The molecule has 0 aliphatic carbocycles. The molecule has 0 saturated heterocycles. The molecule has 1 aromatic carbocycles. The minimum atomic E-state index is -5.01. The third-order valence-corrected chi connectivity index (χ3v) is 4.12. The van der Waals surface area contributed by atoms with E-state index in [-0.39, 0.29) is 23.3 Å². The highest BCUT2D eigenvalue weighted by atomic mass is 35.5. The molecule has 2 rings (SSSR count). The summed E-state index contributed by atoms with van der Waals surface area (Å²) in [5, 5.41) is 12.3. The van der Waals surface area contributed by atoms with Gasteiger partial charge in [0.05, 0.1) is 16.3 Å². The van der Waals surface area contributed by atoms with E-state index in [0.717, 1.165) is 10.7 Å². The third-order valence-electron chi connectivity index (χ3n) is 2.99. The van der Waals surface area contributed by atoms with E-state index in [2.05, 4.69) is 9.28 Å². The molecule has 0 aliphatic heterocycles. The van der Waals surface area contributed by atoms with Gasteiger partial charge in [-0.3, -0.25) is 0 Å². The first-order valence-electron chi connectivity index (χ1n) is 6.44. The number of hydrogen-bond donors (Lipinski definition) is 1. The summed E-state index contributed by atoms with van der Waals surface area (Å²) in [6.07, 6.45) is -9.66. The molecule has 140 valence electrons. The van der Waals surface area contributed by atoms with Gasteiger partial charge in [-0.2, -0.15) is 23.5 Å². The van der Waals surface area contributed by atoms with Crippen LogP contribution in [0, 0.1) is 18.3 Å². The Balaban J connectivity index is 2.57. The van der Waals surface area contributed by atoms with Crippen molar-refractivity contribution >= 4 is 29.5 Å². The lowest BCUT2D eigenvalue weighted by atomic mass is 10.1. The number of alkyl halides is 6. The predicted molar refractivity (Wildman–Crippen MR) is 80.4 cm³/mol. The van der Waals surface area contributed by atoms with Crippen LogP contribution < -0.4 is 5.73 Å². The number of hydrogen-bond acceptors (Lipinski definition) is 5. The van der Waals surface area contributed by atoms with Crippen molar-refractivity contribution in [1.29, 1.82) is 5.26 Å². The van der Waals surface area contributed by atoms with Crippen LogP contribution in [-0.2, 0) is 10.4 Å². The Hall–Kier alpha value is -2.10. The minimum Gasteiger partial charge on any atom is -0.383 e. The number of anilines is 1. The maximum atomic E-state index is 12.8. The smallest absolute Gasteiger partial charge is 0.383 e. The van der Waals surface area contributed by atoms with Crippen molar-refractivity contribution in [1.82, 2.24) is 9.78 Å². The van der Waals surface area contributed by atoms with Crippen molar-refractivity contribution in [3.05, 3.63) is 34.0 Å². The number of aromatic nitrogens is 2. The van der Waals surface area contributed by atoms with E-state index in [0.29, 0.717) is 6.07 Å². The number of benzene rings is 1. The van der Waals surface area contributed by atoms with Crippen LogP contribution in [0.1, 0.15) is 16.8 Å². The van der Waals surface area contributed by atoms with Crippen LogP contribution in [0.25, 0.3) is 5.69 Å². The summed E-state index contributed by atoms with van der Waals surface area (Å²) in [6, 6.07) is 2.93. The molecule has 0 amide bonds. The molecule has 1 aromatic heterocycles. The Morgan fingerprint density at radius 1 is 1.27 bits per heavy atom. The molecule has 0 fully saturated rings. The first-order valence-corrected chi connectivity index (χ1v) is 7.56. The van der Waals surface area contributed by atoms with Gasteiger partial charge in [-0.1, -0.05) is 11.6 Å². The summed E-state index contributed by atoms with van der Waals surface area (Å²) < 4.78 is 79.4. The molecule has 0 aliphatic rings. The summed E-state index contributed by atoms with van der Waals surface area (Å²) in [4.78, 5) is -0.444. The number of halogens is 7. The van der Waals surface area contributed by atoms with Gasteiger partial charge in [0.25, 0.3) is 0 Å². The second-order valence-corrected chi connectivity index (χ2v) is 5.97. The number of rotatable bonds is 3. The van der Waals surface area contributed by atoms with E-state index in [9.17, 15) is 26.3 Å². The quantitative estimate of drug-likeness (QED) is 0.571. The van der Waals surface area contributed by atoms with Crippen LogP contribution in [0.2, 0.25) is 5.02 Å². The van der Waals surface area contributed by atoms with Gasteiger partial charge in [0, 0.05) is 12.0 Å². The maximum absolute atomic E-state index is 12.8. The highest BCUT2D eigenvalue weighted by Gasteiger charge is 2.34. The topological polar surface area (TPSA) is 76.9 Å². The fourth-order valence-corrected chi connectivity index (χ4v) is 2.86. The average molecular weight is 417 g/mol. The van der Waals surface area contributed by atoms with Gasteiger partial charge in [0.2, 0.25) is 0 Å². The number of nitriles is 1. The van der Waals surface area contributed by atoms with Gasteiger partial charge in [0.15, 0.2) is 5.69 Å². The first-order chi connectivity index (χ1) is 11.8. The van der Waals surface area contributed by atoms with Crippen LogP contribution in [-0.4, -0.2) is 16.1 Å². The molecule has 2 aromatic rings. The van der Waals surface area contributed by atoms with Crippen molar-refractivity contribution < 1.29 is 30.5 Å². The summed E-state index contributed by atoms with van der Waals surface area (Å²) in [7, 11) is 0. The lowest BCUT2D eigenvalue weighted by molar-refractivity contribution is -0.266. The monoisotopic (exact) mass is 416 g/mol. The normalized spacial score (nSPS) is 12.3. The molecule has 5 nitrogen and oxygen atoms in total. The van der Waals surface area contributed by atoms with Crippen molar-refractivity contribution in [2.24, 2.45) is 0 Å². The number of nitrogen functional groups attached to an aromatic ring is 1. The molecule has 0 bridgehead atoms. The van der Waals surface area contributed by atoms with Crippen molar-refractivity contribution in [3.63, 3.8) is 0 Å². The standard InChI is InChI=1S/C13H7ClF6N4OS/c1-5-2-6(12(15,16)17)3-7(14)9(5)24-11(22)10(8(4-21)23-24)26-25-13(18,19)20/h2-3H,22H2,1H3. The van der Waals surface area contributed by atoms with Gasteiger partial charge in [-0.15, -0.1) is 13.2 Å². The van der Waals surface area contributed by atoms with Gasteiger partial charge < -0.3 is 5.73 Å². The largest absolute Gasteiger partial charge is 0.533 e. The number of nitrogens with two attached hydrogens (primary N) is 1. The van der Waals surface area contributed by atoms with Crippen molar-refractivity contribution in [2.45, 2.75) is 24.4 Å². The average Bonchev–Trinajstić information content (AvgIpc) is 2.79. The second kappa shape index (κ2) is 6.90. The van der Waals surface area contributed by atoms with E-state index >= 15 is 0 Å². The molecule has 0 spiro atoms. The molecular formula is C13H7ClF6N4OS. The highest BCUT2D eigenvalue weighted by Crippen LogP contribution is 2.39. The summed E-state index contributed by atoms with van der Waals surface area (Å²) in [5.41, 5.74) is 4.07. The number of nitrogens with zero attached hydrogens (tertiary/aromatic N) is 3. The van der Waals surface area contributed by atoms with Gasteiger partial charge in [-0.05, 0) is 24.6 Å². The van der Waals surface area contributed by atoms with Gasteiger partial charge in [0.1, 0.15) is 16.8 Å². The molecule has 1 heterocycles. The first kappa shape index (κ1) is 20.2. The van der Waals surface area contributed by atoms with Crippen molar-refractivity contribution in [2.75, 3.05) is 5.73 Å². The lowest BCUT2D eigenvalue weighted by Gasteiger charge is -2.14. The molecule has 13 heteroatoms. The molecule has 0 radical (unpaired) electrons. The van der Waals surface area contributed by atoms with E-state index in [4.69, 9.17) is 22.6 Å². The molecular weight excluding hydrogens is 410 g/mol. The Morgan fingerprint density at radius 2 is 1.88 bits per heavy atom. The molecule has 0 saturated carbocycles. The fourth-order valence-electron chi connectivity index (χ4n) is 2.00. The Kier molecular flexibility index (Phi) is 5.36. The molecule has 2 N–H and O–H groups in total. The number of aryl methyl sites for hydroxylation is 1. The zero-order chi connectivity index (χ0) is 19.9. The minimum absolute atomic E-state index is 0.00296. The molecule has 0 atom stereocenters. The zero-order valence-corrected chi connectivity index (χ0v) is 14.1. The summed E-state index contributed by atoms with van der Waals surface area (Å²) in [5.74, 6) is -0.444. The Labute approximate surface area is 151 Å². The Bertz CT molecular complexity index is 863. The second-order valence-electron chi connectivity index (χ2n) is 4.82. The Morgan fingerprint density at radius 3 is 2.35 bits per heavy atom. The van der Waals surface area contributed by atoms with E-state index in [1.807, 2.05) is 0 Å². The fraction of sp³-hybridized carbons (Fsp3) is 0.231. The van der Waals surface area contributed by atoms with Crippen LogP contribution in [0.15, 0.2) is 17.0 Å². The van der Waals surface area contributed by atoms with E-state index in [1.54, 1.807) is 0 Å². The maximum Gasteiger partial charge on any atom is 0.533 e. The van der Waals surface area contributed by atoms with Gasteiger partial charge in [-0.25, -0.2) is 8.86 Å². The summed E-state index contributed by atoms with van der Waals surface area (Å²) in [6.45, 7) is 1.28. The van der Waals surface area contributed by atoms with E-state index < -0.39 is 39.5 Å². The molecule has 0 unspecified atom stereocenters. The SMILES string of the molecule is Cc1cc(C(F)(F)F)cc(Cl)c1-n1nc(C#N)c(SOC(F)(F)F)c1N.